The molecule has 1 fully saturated rings. The second-order valence-corrected chi connectivity index (χ2v) is 12.7. The zero-order chi connectivity index (χ0) is 32.2. The summed E-state index contributed by atoms with van der Waals surface area (Å²) in [5.74, 6) is 2.24. The minimum Gasteiger partial charge on any atom is -0.350 e. The Labute approximate surface area is 270 Å². The minimum absolute atomic E-state index is 0.181. The maximum absolute atomic E-state index is 12.7. The molecule has 1 saturated heterocycles. The van der Waals surface area contributed by atoms with Gasteiger partial charge in [-0.3, -0.25) is 4.79 Å². The van der Waals surface area contributed by atoms with E-state index in [0.717, 1.165) is 76.7 Å². The number of pyridine rings is 1. The molecule has 0 bridgehead atoms. The molecule has 5 aromatic rings. The molecular formula is C36H43N9O. The third-order valence-corrected chi connectivity index (χ3v) is 8.52. The van der Waals surface area contributed by atoms with Crippen LogP contribution in [0.5, 0.6) is 0 Å². The topological polar surface area (TPSA) is 104 Å². The first-order valence-electron chi connectivity index (χ1n) is 16.1. The summed E-state index contributed by atoms with van der Waals surface area (Å²) in [5.41, 5.74) is 6.27. The number of amides is 1. The van der Waals surface area contributed by atoms with Crippen molar-refractivity contribution < 1.29 is 4.79 Å². The van der Waals surface area contributed by atoms with Crippen molar-refractivity contribution in [3.05, 3.63) is 84.1 Å². The smallest absolute Gasteiger partial charge is 0.248 e. The van der Waals surface area contributed by atoms with Crippen LogP contribution < -0.4 is 15.5 Å². The van der Waals surface area contributed by atoms with Gasteiger partial charge in [-0.25, -0.2) is 4.98 Å². The van der Waals surface area contributed by atoms with E-state index < -0.39 is 0 Å². The lowest BCUT2D eigenvalue weighted by Gasteiger charge is -2.30. The number of nitrogens with zero attached hydrogens (tertiary/aromatic N) is 7. The van der Waals surface area contributed by atoms with Crippen LogP contribution in [-0.4, -0.2) is 69.1 Å². The second kappa shape index (κ2) is 13.7. The molecule has 0 atom stereocenters. The molecule has 10 nitrogen and oxygen atoms in total. The number of rotatable bonds is 10. The Balaban J connectivity index is 1.30. The minimum atomic E-state index is -0.181. The van der Waals surface area contributed by atoms with E-state index in [4.69, 9.17) is 15.0 Å². The van der Waals surface area contributed by atoms with Crippen LogP contribution in [0.15, 0.2) is 72.9 Å². The summed E-state index contributed by atoms with van der Waals surface area (Å²) < 4.78 is 1.82. The van der Waals surface area contributed by atoms with Crippen LogP contribution in [0, 0.1) is 5.92 Å². The van der Waals surface area contributed by atoms with Crippen molar-refractivity contribution in [2.75, 3.05) is 49.3 Å². The van der Waals surface area contributed by atoms with Gasteiger partial charge >= 0.3 is 0 Å². The fourth-order valence-corrected chi connectivity index (χ4v) is 5.80. The van der Waals surface area contributed by atoms with E-state index in [-0.39, 0.29) is 11.8 Å². The van der Waals surface area contributed by atoms with Crippen LogP contribution in [0.4, 0.5) is 17.6 Å². The molecule has 0 aliphatic carbocycles. The van der Waals surface area contributed by atoms with Gasteiger partial charge in [-0.05, 0) is 56.5 Å². The van der Waals surface area contributed by atoms with Crippen LogP contribution in [0.3, 0.4) is 0 Å². The predicted molar refractivity (Wildman–Crippen MR) is 186 cm³/mol. The molecule has 0 unspecified atom stereocenters. The van der Waals surface area contributed by atoms with Crippen molar-refractivity contribution in [1.29, 1.82) is 0 Å². The molecule has 46 heavy (non-hydrogen) atoms. The highest BCUT2D eigenvalue weighted by Gasteiger charge is 2.22. The van der Waals surface area contributed by atoms with Gasteiger partial charge in [0.05, 0.1) is 23.1 Å². The van der Waals surface area contributed by atoms with Crippen LogP contribution in [-0.2, 0) is 11.3 Å². The number of fused-ring (bicyclic) bond motifs is 2. The third kappa shape index (κ3) is 6.87. The number of carbonyl (C=O) groups excluding carboxylic acids is 1. The number of hydrogen-bond acceptors (Lipinski definition) is 8. The van der Waals surface area contributed by atoms with Crippen molar-refractivity contribution in [3.8, 4) is 11.3 Å². The number of nitrogens with one attached hydrogen (secondary N) is 2. The van der Waals surface area contributed by atoms with Gasteiger partial charge in [0, 0.05) is 48.8 Å². The van der Waals surface area contributed by atoms with Crippen molar-refractivity contribution in [2.45, 2.75) is 46.1 Å². The Bertz CT molecular complexity index is 1870. The van der Waals surface area contributed by atoms with Gasteiger partial charge in [0.2, 0.25) is 17.8 Å². The highest BCUT2D eigenvalue weighted by atomic mass is 16.1. The van der Waals surface area contributed by atoms with Crippen LogP contribution in [0.2, 0.25) is 0 Å². The highest BCUT2D eigenvalue weighted by Crippen LogP contribution is 2.30. The monoisotopic (exact) mass is 617 g/mol. The fraction of sp³-hybridized carbons (Fsp3) is 0.361. The zero-order valence-electron chi connectivity index (χ0n) is 27.4. The SMILES string of the molecule is CC1CCN(c2nc(NCc3ccccc3-c3ccc4cccc(NC(=O)/C=C/CN(C)C)c4n3)n3ncc(C(C)C)c3n2)CC1. The summed E-state index contributed by atoms with van der Waals surface area (Å²) >= 11 is 0. The molecule has 3 aromatic heterocycles. The third-order valence-electron chi connectivity index (χ3n) is 8.52. The molecule has 4 heterocycles. The number of likely N-dealkylation sites (N-methyl/N-ethyl adjacent to an activating group) is 1. The Hall–Kier alpha value is -4.83. The Morgan fingerprint density at radius 2 is 1.83 bits per heavy atom. The van der Waals surface area contributed by atoms with E-state index in [1.807, 2.05) is 72.2 Å². The summed E-state index contributed by atoms with van der Waals surface area (Å²) in [6, 6.07) is 18.2. The predicted octanol–water partition coefficient (Wildman–Crippen LogP) is 6.37. The molecule has 0 spiro atoms. The van der Waals surface area contributed by atoms with Crippen molar-refractivity contribution in [2.24, 2.45) is 5.92 Å². The van der Waals surface area contributed by atoms with Crippen LogP contribution in [0.1, 0.15) is 50.7 Å². The molecular weight excluding hydrogens is 574 g/mol. The second-order valence-electron chi connectivity index (χ2n) is 12.7. The average molecular weight is 618 g/mol. The molecule has 0 saturated carbocycles. The van der Waals surface area contributed by atoms with Gasteiger partial charge in [-0.15, -0.1) is 0 Å². The standard InChI is InChI=1S/C36H43N9O/c1-24(2)29-23-38-45-34(29)41-36(44-20-17-25(3)18-21-44)42-35(45)37-22-27-10-6-7-12-28(27)30-16-15-26-11-8-13-31(33(26)40-30)39-32(46)14-9-19-43(4)5/h6-16,23-25H,17-22H2,1-5H3,(H,39,46)(H,37,41,42)/b14-9+. The summed E-state index contributed by atoms with van der Waals surface area (Å²) in [7, 11) is 3.93. The molecule has 238 valence electrons. The number of para-hydroxylation sites is 1. The van der Waals surface area contributed by atoms with E-state index in [2.05, 4.69) is 59.6 Å². The lowest BCUT2D eigenvalue weighted by molar-refractivity contribution is -0.111. The first-order valence-corrected chi connectivity index (χ1v) is 16.1. The Kier molecular flexibility index (Phi) is 9.25. The summed E-state index contributed by atoms with van der Waals surface area (Å²) in [6.07, 6.45) is 7.59. The summed E-state index contributed by atoms with van der Waals surface area (Å²) in [6.45, 7) is 9.76. The molecule has 1 aliphatic heterocycles. The molecule has 1 aliphatic rings. The van der Waals surface area contributed by atoms with Crippen molar-refractivity contribution in [1.82, 2.24) is 29.5 Å². The quantitative estimate of drug-likeness (QED) is 0.174. The van der Waals surface area contributed by atoms with Crippen LogP contribution >= 0.6 is 0 Å². The maximum Gasteiger partial charge on any atom is 0.248 e. The van der Waals surface area contributed by atoms with Crippen LogP contribution in [0.25, 0.3) is 27.8 Å². The van der Waals surface area contributed by atoms with E-state index in [1.165, 1.54) is 0 Å². The van der Waals surface area contributed by atoms with E-state index in [9.17, 15) is 4.79 Å². The van der Waals surface area contributed by atoms with Gasteiger partial charge in [-0.2, -0.15) is 19.6 Å². The molecule has 1 amide bonds. The van der Waals surface area contributed by atoms with Gasteiger partial charge in [0.15, 0.2) is 5.65 Å². The fourth-order valence-electron chi connectivity index (χ4n) is 5.80. The normalized spacial score (nSPS) is 14.3. The van der Waals surface area contributed by atoms with E-state index >= 15 is 0 Å². The number of anilines is 3. The Morgan fingerprint density at radius 3 is 2.61 bits per heavy atom. The average Bonchev–Trinajstić information content (AvgIpc) is 3.49. The molecule has 10 heteroatoms. The number of piperidine rings is 1. The summed E-state index contributed by atoms with van der Waals surface area (Å²) in [4.78, 5) is 32.0. The van der Waals surface area contributed by atoms with Gasteiger partial charge in [0.1, 0.15) is 0 Å². The van der Waals surface area contributed by atoms with Gasteiger partial charge in [0.25, 0.3) is 0 Å². The Morgan fingerprint density at radius 1 is 1.02 bits per heavy atom. The molecule has 2 aromatic carbocycles. The van der Waals surface area contributed by atoms with E-state index in [1.54, 1.807) is 6.08 Å². The lowest BCUT2D eigenvalue weighted by atomic mass is 10.00. The van der Waals surface area contributed by atoms with Crippen molar-refractivity contribution in [3.63, 3.8) is 0 Å². The number of benzene rings is 2. The van der Waals surface area contributed by atoms with Crippen molar-refractivity contribution >= 4 is 40.0 Å². The lowest BCUT2D eigenvalue weighted by Crippen LogP contribution is -2.34. The highest BCUT2D eigenvalue weighted by molar-refractivity contribution is 6.05. The molecule has 6 rings (SSSR count). The number of carbonyl (C=O) groups is 1. The summed E-state index contributed by atoms with van der Waals surface area (Å²) in [5, 5.41) is 12.2. The van der Waals surface area contributed by atoms with E-state index in [0.29, 0.717) is 24.7 Å². The van der Waals surface area contributed by atoms with Gasteiger partial charge < -0.3 is 20.4 Å². The zero-order valence-corrected chi connectivity index (χ0v) is 27.4. The largest absolute Gasteiger partial charge is 0.350 e. The maximum atomic E-state index is 12.7. The molecule has 0 radical (unpaired) electrons. The first kappa shape index (κ1) is 31.2. The number of hydrogen-bond donors (Lipinski definition) is 2. The number of aromatic nitrogens is 5. The van der Waals surface area contributed by atoms with Gasteiger partial charge in [-0.1, -0.05) is 69.3 Å². The first-order chi connectivity index (χ1) is 22.3. The molecule has 2 N–H and O–H groups in total.